The molecule has 0 radical (unpaired) electrons. The third-order valence-electron chi connectivity index (χ3n) is 6.02. The number of carbonyl (C=O) groups is 2. The van der Waals surface area contributed by atoms with Crippen LogP contribution in [0.3, 0.4) is 0 Å². The molecule has 0 heterocycles. The lowest BCUT2D eigenvalue weighted by Crippen LogP contribution is -2.56. The summed E-state index contributed by atoms with van der Waals surface area (Å²) < 4.78 is 27.3. The molecule has 3 aromatic carbocycles. The number of carbonyl (C=O) groups excluding carboxylic acids is 2. The fourth-order valence-electron chi connectivity index (χ4n) is 4.21. The minimum Gasteiger partial charge on any atom is -0.350 e. The van der Waals surface area contributed by atoms with Crippen LogP contribution in [0.4, 0.5) is 11.4 Å². The molecular weight excluding hydrogens is 612 g/mol. The fraction of sp³-hybridized carbons (Fsp3) is 0.310. The third-order valence-corrected chi connectivity index (χ3v) is 7.65. The molecule has 12 heteroatoms. The van der Waals surface area contributed by atoms with Gasteiger partial charge in [0.15, 0.2) is 0 Å². The predicted octanol–water partition coefficient (Wildman–Crippen LogP) is 4.68. The van der Waals surface area contributed by atoms with Crippen molar-refractivity contribution >= 4 is 49.1 Å². The first kappa shape index (κ1) is 31.8. The number of hydrogen-bond acceptors (Lipinski definition) is 6. The summed E-state index contributed by atoms with van der Waals surface area (Å²) in [5.74, 6) is -1.04. The Balaban J connectivity index is 2.09. The van der Waals surface area contributed by atoms with Gasteiger partial charge in [0, 0.05) is 35.1 Å². The van der Waals surface area contributed by atoms with Crippen molar-refractivity contribution in [3.63, 3.8) is 0 Å². The Morgan fingerprint density at radius 2 is 1.61 bits per heavy atom. The Kier molecular flexibility index (Phi) is 10.3. The van der Waals surface area contributed by atoms with Crippen LogP contribution in [-0.4, -0.2) is 54.4 Å². The van der Waals surface area contributed by atoms with Gasteiger partial charge in [0.05, 0.1) is 16.9 Å². The lowest BCUT2D eigenvalue weighted by Gasteiger charge is -2.35. The van der Waals surface area contributed by atoms with Gasteiger partial charge in [-0.25, -0.2) is 8.42 Å². The van der Waals surface area contributed by atoms with Gasteiger partial charge in [-0.15, -0.1) is 0 Å². The van der Waals surface area contributed by atoms with Crippen molar-refractivity contribution in [3.8, 4) is 0 Å². The molecule has 0 aromatic heterocycles. The lowest BCUT2D eigenvalue weighted by atomic mass is 10.0. The molecule has 3 rings (SSSR count). The summed E-state index contributed by atoms with van der Waals surface area (Å²) in [5, 5.41) is 14.3. The van der Waals surface area contributed by atoms with E-state index in [2.05, 4.69) is 21.2 Å². The molecule has 0 spiro atoms. The minimum atomic E-state index is -4.05. The van der Waals surface area contributed by atoms with Gasteiger partial charge in [0.2, 0.25) is 21.8 Å². The molecule has 0 aliphatic rings. The van der Waals surface area contributed by atoms with Gasteiger partial charge in [-0.1, -0.05) is 64.5 Å². The maximum atomic E-state index is 14.1. The molecule has 0 aliphatic carbocycles. The van der Waals surface area contributed by atoms with Crippen LogP contribution in [0, 0.1) is 10.1 Å². The first-order valence-corrected chi connectivity index (χ1v) is 15.4. The second kappa shape index (κ2) is 13.3. The molecule has 10 nitrogen and oxygen atoms in total. The van der Waals surface area contributed by atoms with Crippen molar-refractivity contribution in [2.24, 2.45) is 0 Å². The van der Waals surface area contributed by atoms with E-state index in [1.54, 1.807) is 12.1 Å². The van der Waals surface area contributed by atoms with Crippen molar-refractivity contribution in [3.05, 3.63) is 105 Å². The summed E-state index contributed by atoms with van der Waals surface area (Å²) >= 11 is 3.44. The Bertz CT molecular complexity index is 1510. The number of nitro benzene ring substituents is 1. The van der Waals surface area contributed by atoms with Crippen molar-refractivity contribution in [2.75, 3.05) is 17.1 Å². The molecule has 0 fully saturated rings. The maximum Gasteiger partial charge on any atom is 0.271 e. The molecule has 218 valence electrons. The lowest BCUT2D eigenvalue weighted by molar-refractivity contribution is -0.384. The van der Waals surface area contributed by atoms with Gasteiger partial charge in [0.1, 0.15) is 12.6 Å². The van der Waals surface area contributed by atoms with Crippen LogP contribution in [0.25, 0.3) is 0 Å². The van der Waals surface area contributed by atoms with E-state index in [4.69, 9.17) is 0 Å². The van der Waals surface area contributed by atoms with Crippen molar-refractivity contribution < 1.29 is 22.9 Å². The molecule has 2 amide bonds. The number of sulfonamides is 1. The maximum absolute atomic E-state index is 14.1. The second-order valence-electron chi connectivity index (χ2n) is 10.6. The zero-order valence-corrected chi connectivity index (χ0v) is 25.7. The van der Waals surface area contributed by atoms with Crippen LogP contribution in [-0.2, 0) is 32.6 Å². The summed E-state index contributed by atoms with van der Waals surface area (Å²) in [6, 6.07) is 20.6. The largest absolute Gasteiger partial charge is 0.350 e. The topological polar surface area (TPSA) is 130 Å². The molecule has 0 saturated heterocycles. The highest BCUT2D eigenvalue weighted by Crippen LogP contribution is 2.25. The van der Waals surface area contributed by atoms with Gasteiger partial charge < -0.3 is 10.2 Å². The molecule has 41 heavy (non-hydrogen) atoms. The van der Waals surface area contributed by atoms with Gasteiger partial charge >= 0.3 is 0 Å². The van der Waals surface area contributed by atoms with Gasteiger partial charge in [-0.2, -0.15) is 0 Å². The first-order chi connectivity index (χ1) is 19.1. The van der Waals surface area contributed by atoms with Crippen LogP contribution in [0.15, 0.2) is 83.3 Å². The van der Waals surface area contributed by atoms with Gasteiger partial charge in [-0.3, -0.25) is 24.0 Å². The number of nitrogens with one attached hydrogen (secondary N) is 1. The van der Waals surface area contributed by atoms with Crippen molar-refractivity contribution in [2.45, 2.75) is 45.3 Å². The van der Waals surface area contributed by atoms with Crippen molar-refractivity contribution in [1.29, 1.82) is 0 Å². The van der Waals surface area contributed by atoms with E-state index >= 15 is 0 Å². The Morgan fingerprint density at radius 1 is 0.976 bits per heavy atom. The van der Waals surface area contributed by atoms with Crippen molar-refractivity contribution in [1.82, 2.24) is 10.2 Å². The summed E-state index contributed by atoms with van der Waals surface area (Å²) in [5.41, 5.74) is 0.582. The molecule has 0 aliphatic heterocycles. The first-order valence-electron chi connectivity index (χ1n) is 12.8. The highest BCUT2D eigenvalue weighted by atomic mass is 79.9. The smallest absolute Gasteiger partial charge is 0.271 e. The monoisotopic (exact) mass is 644 g/mol. The van der Waals surface area contributed by atoms with Crippen LogP contribution in [0.2, 0.25) is 0 Å². The Hall–Kier alpha value is -3.77. The zero-order chi connectivity index (χ0) is 30.4. The quantitative estimate of drug-likeness (QED) is 0.238. The third kappa shape index (κ3) is 9.39. The summed E-state index contributed by atoms with van der Waals surface area (Å²) in [6.45, 7) is 4.85. The van der Waals surface area contributed by atoms with E-state index in [9.17, 15) is 28.1 Å². The number of nitro groups is 1. The highest BCUT2D eigenvalue weighted by Gasteiger charge is 2.34. The van der Waals surface area contributed by atoms with E-state index in [0.29, 0.717) is 0 Å². The number of hydrogen-bond donors (Lipinski definition) is 1. The number of anilines is 1. The van der Waals surface area contributed by atoms with E-state index in [1.807, 2.05) is 63.2 Å². The van der Waals surface area contributed by atoms with Crippen LogP contribution in [0.5, 0.6) is 0 Å². The average Bonchev–Trinajstić information content (AvgIpc) is 2.88. The summed E-state index contributed by atoms with van der Waals surface area (Å²) in [6.07, 6.45) is 1.10. The highest BCUT2D eigenvalue weighted by molar-refractivity contribution is 9.10. The van der Waals surface area contributed by atoms with Crippen LogP contribution < -0.4 is 9.62 Å². The van der Waals surface area contributed by atoms with Crippen LogP contribution in [0.1, 0.15) is 31.9 Å². The second-order valence-corrected chi connectivity index (χ2v) is 13.5. The van der Waals surface area contributed by atoms with Crippen LogP contribution >= 0.6 is 15.9 Å². The Morgan fingerprint density at radius 3 is 2.20 bits per heavy atom. The number of halogens is 1. The van der Waals surface area contributed by atoms with Gasteiger partial charge in [0.25, 0.3) is 5.69 Å². The van der Waals surface area contributed by atoms with E-state index in [0.717, 1.165) is 32.2 Å². The van der Waals surface area contributed by atoms with E-state index in [1.165, 1.54) is 23.1 Å². The molecule has 1 atom stereocenters. The number of rotatable bonds is 11. The molecule has 3 aromatic rings. The number of benzene rings is 3. The Labute approximate surface area is 248 Å². The number of nitrogens with zero attached hydrogens (tertiary/aromatic N) is 3. The zero-order valence-electron chi connectivity index (χ0n) is 23.3. The standard InChI is InChI=1S/C29H33BrN4O6S/c1-29(2,3)31-28(36)26(17-21-10-6-5-7-11-21)32(19-22-12-8-13-23(30)16-22)27(35)20-33(41(4,39)40)24-14-9-15-25(18-24)34(37)38/h5-16,18,26H,17,19-20H2,1-4H3,(H,31,36)/t26-/m1/s1. The average molecular weight is 646 g/mol. The normalized spacial score (nSPS) is 12.3. The predicted molar refractivity (Wildman–Crippen MR) is 162 cm³/mol. The summed E-state index contributed by atoms with van der Waals surface area (Å²) in [4.78, 5) is 39.9. The molecular formula is C29H33BrN4O6S. The molecule has 0 saturated carbocycles. The minimum absolute atomic E-state index is 0.0138. The number of non-ortho nitro benzene ring substituents is 1. The molecule has 0 bridgehead atoms. The fourth-order valence-corrected chi connectivity index (χ4v) is 5.50. The number of amides is 2. The van der Waals surface area contributed by atoms with Gasteiger partial charge in [-0.05, 0) is 50.1 Å². The van der Waals surface area contributed by atoms with E-state index < -0.39 is 44.9 Å². The van der Waals surface area contributed by atoms with E-state index in [-0.39, 0.29) is 24.3 Å². The molecule has 0 unspecified atom stereocenters. The summed E-state index contributed by atoms with van der Waals surface area (Å²) in [7, 11) is -4.05. The molecule has 1 N–H and O–H groups in total. The SMILES string of the molecule is CC(C)(C)NC(=O)[C@@H](Cc1ccccc1)N(Cc1cccc(Br)c1)C(=O)CN(c1cccc([N+](=O)[O-])c1)S(C)(=O)=O.